The predicted octanol–water partition coefficient (Wildman–Crippen LogP) is 2.37. The number of hydrogen-bond donors (Lipinski definition) is 1. The van der Waals surface area contributed by atoms with Crippen molar-refractivity contribution in [1.29, 1.82) is 0 Å². The summed E-state index contributed by atoms with van der Waals surface area (Å²) >= 11 is 1.61. The van der Waals surface area contributed by atoms with Gasteiger partial charge in [0.15, 0.2) is 0 Å². The summed E-state index contributed by atoms with van der Waals surface area (Å²) in [6, 6.07) is 1.47. The molecule has 1 N–H and O–H groups in total. The van der Waals surface area contributed by atoms with Gasteiger partial charge < -0.3 is 9.52 Å². The van der Waals surface area contributed by atoms with Crippen molar-refractivity contribution in [1.82, 2.24) is 9.88 Å². The normalized spacial score (nSPS) is 11.1. The maximum Gasteiger partial charge on any atom is 0.339 e. The van der Waals surface area contributed by atoms with Gasteiger partial charge in [-0.15, -0.1) is 11.3 Å². The second-order valence-corrected chi connectivity index (χ2v) is 5.15. The molecule has 0 amide bonds. The Labute approximate surface area is 109 Å². The molecule has 0 atom stereocenters. The topological polar surface area (TPSA) is 66.6 Å². The molecule has 0 aromatic carbocycles. The van der Waals surface area contributed by atoms with Gasteiger partial charge in [-0.1, -0.05) is 0 Å². The molecular weight excluding hydrogens is 252 g/mol. The van der Waals surface area contributed by atoms with Gasteiger partial charge >= 0.3 is 5.97 Å². The van der Waals surface area contributed by atoms with Gasteiger partial charge in [0.1, 0.15) is 11.3 Å². The first-order chi connectivity index (χ1) is 8.56. The highest BCUT2D eigenvalue weighted by atomic mass is 32.1. The minimum absolute atomic E-state index is 0.219. The zero-order chi connectivity index (χ0) is 13.1. The van der Waals surface area contributed by atoms with E-state index >= 15 is 0 Å². The van der Waals surface area contributed by atoms with Crippen LogP contribution in [0.25, 0.3) is 0 Å². The Morgan fingerprint density at radius 2 is 2.33 bits per heavy atom. The van der Waals surface area contributed by atoms with Crippen LogP contribution in [0.15, 0.2) is 22.1 Å². The smallest absolute Gasteiger partial charge is 0.339 e. The lowest BCUT2D eigenvalue weighted by molar-refractivity contribution is 0.0693. The van der Waals surface area contributed by atoms with Crippen molar-refractivity contribution < 1.29 is 14.3 Å². The van der Waals surface area contributed by atoms with E-state index in [0.717, 1.165) is 10.7 Å². The lowest BCUT2D eigenvalue weighted by atomic mass is 10.2. The Bertz CT molecular complexity index is 547. The number of aromatic nitrogens is 1. The molecule has 96 valence electrons. The Morgan fingerprint density at radius 3 is 2.94 bits per heavy atom. The largest absolute Gasteiger partial charge is 0.478 e. The Balaban J connectivity index is 2.00. The van der Waals surface area contributed by atoms with Gasteiger partial charge in [-0.2, -0.15) is 0 Å². The lowest BCUT2D eigenvalue weighted by Gasteiger charge is -2.13. The van der Waals surface area contributed by atoms with Crippen LogP contribution < -0.4 is 0 Å². The lowest BCUT2D eigenvalue weighted by Crippen LogP contribution is -2.18. The Kier molecular flexibility index (Phi) is 3.78. The van der Waals surface area contributed by atoms with Crippen molar-refractivity contribution in [2.75, 3.05) is 7.05 Å². The molecule has 6 heteroatoms. The quantitative estimate of drug-likeness (QED) is 0.900. The number of thiazole rings is 1. The van der Waals surface area contributed by atoms with E-state index in [9.17, 15) is 4.79 Å². The highest BCUT2D eigenvalue weighted by Gasteiger charge is 2.15. The number of furan rings is 1. The minimum Gasteiger partial charge on any atom is -0.478 e. The molecular formula is C12H14N2O3S. The van der Waals surface area contributed by atoms with Crippen molar-refractivity contribution >= 4 is 17.3 Å². The molecule has 0 bridgehead atoms. The van der Waals surface area contributed by atoms with Crippen molar-refractivity contribution in [2.24, 2.45) is 0 Å². The first-order valence-electron chi connectivity index (χ1n) is 5.45. The fourth-order valence-corrected chi connectivity index (χ4v) is 2.32. The number of nitrogens with zero attached hydrogens (tertiary/aromatic N) is 2. The van der Waals surface area contributed by atoms with Crippen molar-refractivity contribution in [3.8, 4) is 0 Å². The van der Waals surface area contributed by atoms with Crippen LogP contribution >= 0.6 is 11.3 Å². The number of aryl methyl sites for hydroxylation is 1. The van der Waals surface area contributed by atoms with E-state index in [4.69, 9.17) is 9.52 Å². The second-order valence-electron chi connectivity index (χ2n) is 4.09. The summed E-state index contributed by atoms with van der Waals surface area (Å²) in [5.74, 6) is -0.492. The number of carboxylic acids is 1. The number of hydrogen-bond acceptors (Lipinski definition) is 5. The van der Waals surface area contributed by atoms with Crippen molar-refractivity contribution in [3.05, 3.63) is 39.7 Å². The number of carbonyl (C=O) groups is 1. The molecule has 5 nitrogen and oxygen atoms in total. The average Bonchev–Trinajstić information content (AvgIpc) is 2.87. The molecule has 0 aliphatic heterocycles. The van der Waals surface area contributed by atoms with Crippen LogP contribution in [0.4, 0.5) is 0 Å². The summed E-state index contributed by atoms with van der Waals surface area (Å²) in [4.78, 5) is 17.3. The third-order valence-electron chi connectivity index (χ3n) is 2.49. The number of rotatable bonds is 5. The zero-order valence-electron chi connectivity index (χ0n) is 10.2. The fraction of sp³-hybridized carbons (Fsp3) is 0.333. The van der Waals surface area contributed by atoms with E-state index < -0.39 is 5.97 Å². The van der Waals surface area contributed by atoms with E-state index in [1.54, 1.807) is 11.3 Å². The monoisotopic (exact) mass is 266 g/mol. The number of carboxylic acid groups (broad SMARTS) is 1. The summed E-state index contributed by atoms with van der Waals surface area (Å²) in [5, 5.41) is 12.0. The highest BCUT2D eigenvalue weighted by molar-refractivity contribution is 7.09. The third kappa shape index (κ3) is 2.96. The van der Waals surface area contributed by atoms with Crippen LogP contribution in [-0.4, -0.2) is 28.0 Å². The van der Waals surface area contributed by atoms with E-state index in [1.165, 1.54) is 12.3 Å². The van der Waals surface area contributed by atoms with Crippen molar-refractivity contribution in [2.45, 2.75) is 20.0 Å². The van der Waals surface area contributed by atoms with E-state index in [-0.39, 0.29) is 5.56 Å². The predicted molar refractivity (Wildman–Crippen MR) is 67.7 cm³/mol. The van der Waals surface area contributed by atoms with Gasteiger partial charge in [0.2, 0.25) is 0 Å². The molecule has 0 spiro atoms. The maximum absolute atomic E-state index is 10.9. The molecule has 0 fully saturated rings. The van der Waals surface area contributed by atoms with Gasteiger partial charge in [0.25, 0.3) is 0 Å². The SMILES string of the molecule is Cc1nc(CN(C)Cc2occc2C(=O)O)cs1. The summed E-state index contributed by atoms with van der Waals surface area (Å²) < 4.78 is 5.20. The minimum atomic E-state index is -0.961. The van der Waals surface area contributed by atoms with Crippen LogP contribution in [-0.2, 0) is 13.1 Å². The van der Waals surface area contributed by atoms with E-state index in [0.29, 0.717) is 18.8 Å². The maximum atomic E-state index is 10.9. The molecule has 0 aliphatic carbocycles. The molecule has 0 unspecified atom stereocenters. The van der Waals surface area contributed by atoms with E-state index in [1.807, 2.05) is 24.3 Å². The molecule has 2 rings (SSSR count). The molecule has 2 aromatic rings. The molecule has 0 saturated carbocycles. The Hall–Kier alpha value is -1.66. The Morgan fingerprint density at radius 1 is 1.56 bits per heavy atom. The van der Waals surface area contributed by atoms with Crippen molar-refractivity contribution in [3.63, 3.8) is 0 Å². The molecule has 0 aliphatic rings. The van der Waals surface area contributed by atoms with Gasteiger partial charge in [0.05, 0.1) is 23.5 Å². The van der Waals surface area contributed by atoms with Crippen LogP contribution in [0.5, 0.6) is 0 Å². The standard InChI is InChI=1S/C12H14N2O3S/c1-8-13-9(7-18-8)5-14(2)6-11-10(12(15)16)3-4-17-11/h3-4,7H,5-6H2,1-2H3,(H,15,16). The summed E-state index contributed by atoms with van der Waals surface area (Å²) in [6.45, 7) is 3.08. The van der Waals surface area contributed by atoms with Gasteiger partial charge in [-0.25, -0.2) is 9.78 Å². The zero-order valence-corrected chi connectivity index (χ0v) is 11.0. The van der Waals surface area contributed by atoms with Gasteiger partial charge in [-0.05, 0) is 20.0 Å². The molecule has 0 saturated heterocycles. The van der Waals surface area contributed by atoms with Gasteiger partial charge in [0, 0.05) is 11.9 Å². The summed E-state index contributed by atoms with van der Waals surface area (Å²) in [6.07, 6.45) is 1.40. The fourth-order valence-electron chi connectivity index (χ4n) is 1.71. The molecule has 2 heterocycles. The molecule has 2 aromatic heterocycles. The van der Waals surface area contributed by atoms with Crippen LogP contribution in [0, 0.1) is 6.92 Å². The molecule has 0 radical (unpaired) electrons. The summed E-state index contributed by atoms with van der Waals surface area (Å²) in [5.41, 5.74) is 1.21. The first kappa shape index (κ1) is 12.8. The second kappa shape index (κ2) is 5.32. The number of aromatic carboxylic acids is 1. The van der Waals surface area contributed by atoms with Gasteiger partial charge in [-0.3, -0.25) is 4.90 Å². The van der Waals surface area contributed by atoms with Crippen LogP contribution in [0.1, 0.15) is 26.8 Å². The van der Waals surface area contributed by atoms with E-state index in [2.05, 4.69) is 4.98 Å². The average molecular weight is 266 g/mol. The first-order valence-corrected chi connectivity index (χ1v) is 6.33. The third-order valence-corrected chi connectivity index (χ3v) is 3.31. The van der Waals surface area contributed by atoms with Crippen LogP contribution in [0.2, 0.25) is 0 Å². The summed E-state index contributed by atoms with van der Waals surface area (Å²) in [7, 11) is 1.91. The highest BCUT2D eigenvalue weighted by Crippen LogP contribution is 2.15. The molecule has 18 heavy (non-hydrogen) atoms. The van der Waals surface area contributed by atoms with Crippen LogP contribution in [0.3, 0.4) is 0 Å².